The highest BCUT2D eigenvalue weighted by Gasteiger charge is 2.34. The van der Waals surface area contributed by atoms with Gasteiger partial charge in [0, 0.05) is 26.1 Å². The molecule has 1 aliphatic carbocycles. The number of halogens is 3. The van der Waals surface area contributed by atoms with Gasteiger partial charge in [0.05, 0.1) is 17.4 Å². The van der Waals surface area contributed by atoms with Gasteiger partial charge in [-0.05, 0) is 25.0 Å². The zero-order chi connectivity index (χ0) is 20.6. The number of alkyl halides is 3. The molecule has 0 bridgehead atoms. The van der Waals surface area contributed by atoms with Gasteiger partial charge in [-0.3, -0.25) is 4.79 Å². The molecule has 4 rings (SSSR count). The summed E-state index contributed by atoms with van der Waals surface area (Å²) in [7, 11) is 1.68. The fraction of sp³-hybridized carbons (Fsp3) is 0.450. The average molecular weight is 405 g/mol. The maximum absolute atomic E-state index is 13.3. The molecule has 0 atom stereocenters. The minimum absolute atomic E-state index is 0.0292. The van der Waals surface area contributed by atoms with Gasteiger partial charge in [0.15, 0.2) is 5.82 Å². The predicted molar refractivity (Wildman–Crippen MR) is 104 cm³/mol. The van der Waals surface area contributed by atoms with Crippen LogP contribution in [0.5, 0.6) is 0 Å². The molecule has 0 unspecified atom stereocenters. The van der Waals surface area contributed by atoms with Crippen LogP contribution in [0.1, 0.15) is 37.7 Å². The minimum Gasteiger partial charge on any atom is -0.351 e. The van der Waals surface area contributed by atoms with Crippen LogP contribution in [0.2, 0.25) is 0 Å². The summed E-state index contributed by atoms with van der Waals surface area (Å²) >= 11 is 0. The van der Waals surface area contributed by atoms with Crippen molar-refractivity contribution in [2.45, 2.75) is 44.3 Å². The molecule has 2 aromatic rings. The van der Waals surface area contributed by atoms with Crippen LogP contribution in [0.3, 0.4) is 0 Å². The third kappa shape index (κ3) is 3.86. The predicted octanol–water partition coefficient (Wildman–Crippen LogP) is 4.35. The Morgan fingerprint density at radius 1 is 1.17 bits per heavy atom. The quantitative estimate of drug-likeness (QED) is 0.823. The molecule has 29 heavy (non-hydrogen) atoms. The van der Waals surface area contributed by atoms with Crippen LogP contribution in [0, 0.1) is 0 Å². The number of hydrogen-bond donors (Lipinski definition) is 1. The van der Waals surface area contributed by atoms with Crippen molar-refractivity contribution in [2.75, 3.05) is 28.7 Å². The molecule has 0 radical (unpaired) electrons. The Morgan fingerprint density at radius 2 is 1.90 bits per heavy atom. The number of para-hydroxylation sites is 1. The van der Waals surface area contributed by atoms with E-state index in [4.69, 9.17) is 0 Å². The number of fused-ring (bicyclic) bond motifs is 1. The Morgan fingerprint density at radius 3 is 2.62 bits per heavy atom. The zero-order valence-electron chi connectivity index (χ0n) is 16.0. The van der Waals surface area contributed by atoms with Gasteiger partial charge in [0.2, 0.25) is 11.9 Å². The normalized spacial score (nSPS) is 18.0. The maximum Gasteiger partial charge on any atom is 0.418 e. The highest BCUT2D eigenvalue weighted by Crippen LogP contribution is 2.38. The molecule has 1 aliphatic heterocycles. The first-order chi connectivity index (χ1) is 13.8. The van der Waals surface area contributed by atoms with Crippen LogP contribution < -0.4 is 15.1 Å². The number of carbonyl (C=O) groups is 1. The number of nitrogens with one attached hydrogen (secondary N) is 1. The summed E-state index contributed by atoms with van der Waals surface area (Å²) < 4.78 is 39.9. The molecule has 1 N–H and O–H groups in total. The second-order valence-electron chi connectivity index (χ2n) is 7.41. The molecule has 1 fully saturated rings. The van der Waals surface area contributed by atoms with Crippen molar-refractivity contribution in [3.63, 3.8) is 0 Å². The molecular weight excluding hydrogens is 383 g/mol. The van der Waals surface area contributed by atoms with Gasteiger partial charge in [0.1, 0.15) is 5.69 Å². The molecule has 9 heteroatoms. The van der Waals surface area contributed by atoms with Crippen molar-refractivity contribution >= 4 is 29.0 Å². The molecule has 1 saturated carbocycles. The maximum atomic E-state index is 13.3. The van der Waals surface area contributed by atoms with E-state index >= 15 is 0 Å². The standard InChI is InChI=1S/C20H22F3N5O/c1-27-16-12-24-19(25-15-9-5-4-8-14(15)20(21,22)23)26-18(16)28(11-10-17(27)29)13-6-2-3-7-13/h4-5,8-9,12-13H,2-3,6-7,10-11H2,1H3,(H,24,25,26). The molecule has 0 spiro atoms. The molecule has 1 amide bonds. The van der Waals surface area contributed by atoms with Crippen LogP contribution >= 0.6 is 0 Å². The highest BCUT2D eigenvalue weighted by atomic mass is 19.4. The topological polar surface area (TPSA) is 61.4 Å². The van der Waals surface area contributed by atoms with Gasteiger partial charge in [-0.1, -0.05) is 25.0 Å². The lowest BCUT2D eigenvalue weighted by Gasteiger charge is -2.30. The van der Waals surface area contributed by atoms with E-state index in [0.29, 0.717) is 24.5 Å². The number of anilines is 4. The first-order valence-electron chi connectivity index (χ1n) is 9.68. The smallest absolute Gasteiger partial charge is 0.351 e. The second kappa shape index (κ2) is 7.53. The summed E-state index contributed by atoms with van der Waals surface area (Å²) in [5, 5.41) is 2.71. The Labute approximate surface area is 166 Å². The van der Waals surface area contributed by atoms with Crippen molar-refractivity contribution in [1.29, 1.82) is 0 Å². The fourth-order valence-electron chi connectivity index (χ4n) is 4.03. The van der Waals surface area contributed by atoms with Gasteiger partial charge < -0.3 is 15.1 Å². The van der Waals surface area contributed by atoms with E-state index in [-0.39, 0.29) is 23.6 Å². The number of benzene rings is 1. The van der Waals surface area contributed by atoms with E-state index < -0.39 is 11.7 Å². The van der Waals surface area contributed by atoms with Crippen molar-refractivity contribution in [2.24, 2.45) is 0 Å². The molecule has 1 aromatic heterocycles. The van der Waals surface area contributed by atoms with E-state index in [1.54, 1.807) is 7.05 Å². The molecule has 6 nitrogen and oxygen atoms in total. The number of rotatable bonds is 3. The van der Waals surface area contributed by atoms with Gasteiger partial charge in [-0.2, -0.15) is 18.2 Å². The summed E-state index contributed by atoms with van der Waals surface area (Å²) in [6, 6.07) is 5.51. The van der Waals surface area contributed by atoms with E-state index in [2.05, 4.69) is 20.2 Å². The molecule has 2 aliphatic rings. The summed E-state index contributed by atoms with van der Waals surface area (Å²) in [5.74, 6) is 0.636. The van der Waals surface area contributed by atoms with Gasteiger partial charge >= 0.3 is 6.18 Å². The Bertz CT molecular complexity index is 911. The number of amides is 1. The summed E-state index contributed by atoms with van der Waals surface area (Å²) in [5.41, 5.74) is -0.307. The lowest BCUT2D eigenvalue weighted by molar-refractivity contribution is -0.137. The molecule has 0 saturated heterocycles. The number of hydrogen-bond acceptors (Lipinski definition) is 5. The summed E-state index contributed by atoms with van der Waals surface area (Å²) in [6.07, 6.45) is 1.65. The number of carbonyl (C=O) groups excluding carboxylic acids is 1. The largest absolute Gasteiger partial charge is 0.418 e. The van der Waals surface area contributed by atoms with Gasteiger partial charge in [0.25, 0.3) is 0 Å². The van der Waals surface area contributed by atoms with Crippen LogP contribution in [-0.4, -0.2) is 35.5 Å². The van der Waals surface area contributed by atoms with E-state index in [9.17, 15) is 18.0 Å². The lowest BCUT2D eigenvalue weighted by atomic mass is 10.1. The SMILES string of the molecule is CN1C(=O)CCN(C2CCCC2)c2nc(Nc3ccccc3C(F)(F)F)ncc21. The number of aromatic nitrogens is 2. The Kier molecular flexibility index (Phi) is 5.06. The van der Waals surface area contributed by atoms with E-state index in [0.717, 1.165) is 31.7 Å². The third-order valence-electron chi connectivity index (χ3n) is 5.57. The van der Waals surface area contributed by atoms with Crippen molar-refractivity contribution < 1.29 is 18.0 Å². The molecule has 2 heterocycles. The van der Waals surface area contributed by atoms with Crippen LogP contribution in [0.4, 0.5) is 36.3 Å². The first-order valence-corrected chi connectivity index (χ1v) is 9.68. The minimum atomic E-state index is -4.49. The second-order valence-corrected chi connectivity index (χ2v) is 7.41. The summed E-state index contributed by atoms with van der Waals surface area (Å²) in [4.78, 5) is 24.7. The van der Waals surface area contributed by atoms with Gasteiger partial charge in [-0.25, -0.2) is 4.98 Å². The molecule has 1 aromatic carbocycles. The monoisotopic (exact) mass is 405 g/mol. The summed E-state index contributed by atoms with van der Waals surface area (Å²) in [6.45, 7) is 0.538. The zero-order valence-corrected chi connectivity index (χ0v) is 16.0. The first kappa shape index (κ1) is 19.5. The fourth-order valence-corrected chi connectivity index (χ4v) is 4.03. The van der Waals surface area contributed by atoms with E-state index in [1.807, 2.05) is 0 Å². The Hall–Kier alpha value is -2.84. The third-order valence-corrected chi connectivity index (χ3v) is 5.57. The Balaban J connectivity index is 1.72. The average Bonchev–Trinajstić information content (AvgIpc) is 3.18. The van der Waals surface area contributed by atoms with Crippen molar-refractivity contribution in [3.05, 3.63) is 36.0 Å². The van der Waals surface area contributed by atoms with Gasteiger partial charge in [-0.15, -0.1) is 0 Å². The van der Waals surface area contributed by atoms with Crippen LogP contribution in [0.15, 0.2) is 30.5 Å². The molecular formula is C20H22F3N5O. The molecule has 154 valence electrons. The number of nitrogens with zero attached hydrogens (tertiary/aromatic N) is 4. The van der Waals surface area contributed by atoms with Crippen molar-refractivity contribution in [1.82, 2.24) is 9.97 Å². The van der Waals surface area contributed by atoms with E-state index in [1.165, 1.54) is 29.3 Å². The van der Waals surface area contributed by atoms with Crippen LogP contribution in [0.25, 0.3) is 0 Å². The van der Waals surface area contributed by atoms with Crippen LogP contribution in [-0.2, 0) is 11.0 Å². The lowest BCUT2D eigenvalue weighted by Crippen LogP contribution is -2.34. The van der Waals surface area contributed by atoms with Crippen molar-refractivity contribution in [3.8, 4) is 0 Å². The highest BCUT2D eigenvalue weighted by molar-refractivity contribution is 5.97.